The number of carbonyl (C=O) groups is 2. The van der Waals surface area contributed by atoms with Gasteiger partial charge in [0.2, 0.25) is 15.9 Å². The fourth-order valence-corrected chi connectivity index (χ4v) is 3.54. The maximum absolute atomic E-state index is 12.4. The number of hydrogen-bond donors (Lipinski definition) is 2. The van der Waals surface area contributed by atoms with E-state index < -0.39 is 10.0 Å². The zero-order chi connectivity index (χ0) is 17.9. The molecule has 3 amide bonds. The molecular weight excluding hydrogens is 332 g/mol. The number of anilines is 1. The maximum Gasteiger partial charge on any atom is 0.324 e. The van der Waals surface area contributed by atoms with Crippen molar-refractivity contribution in [3.63, 3.8) is 0 Å². The number of rotatable bonds is 6. The highest BCUT2D eigenvalue weighted by Gasteiger charge is 2.26. The van der Waals surface area contributed by atoms with Crippen molar-refractivity contribution in [2.45, 2.75) is 24.8 Å². The summed E-state index contributed by atoms with van der Waals surface area (Å²) >= 11 is 0. The molecule has 1 aliphatic rings. The summed E-state index contributed by atoms with van der Waals surface area (Å²) in [7, 11) is -2.00. The number of hydrogen-bond acceptors (Lipinski definition) is 5. The molecule has 1 aromatic rings. The number of nitrogens with one attached hydrogen (secondary N) is 2. The summed E-state index contributed by atoms with van der Waals surface area (Å²) in [6, 6.07) is 5.64. The molecule has 0 aliphatic carbocycles. The molecule has 24 heavy (non-hydrogen) atoms. The van der Waals surface area contributed by atoms with E-state index in [1.807, 2.05) is 0 Å². The van der Waals surface area contributed by atoms with Gasteiger partial charge in [0.25, 0.3) is 0 Å². The van der Waals surface area contributed by atoms with Crippen molar-refractivity contribution in [1.29, 1.82) is 0 Å². The minimum absolute atomic E-state index is 0.0363. The van der Waals surface area contributed by atoms with E-state index in [1.165, 1.54) is 23.5 Å². The minimum atomic E-state index is -3.53. The Morgan fingerprint density at radius 1 is 1.33 bits per heavy atom. The van der Waals surface area contributed by atoms with Crippen LogP contribution in [0.5, 0.6) is 0 Å². The van der Waals surface area contributed by atoms with Crippen LogP contribution in [-0.4, -0.2) is 62.3 Å². The van der Waals surface area contributed by atoms with Crippen LogP contribution >= 0.6 is 0 Å². The normalized spacial score (nSPS) is 15.0. The van der Waals surface area contributed by atoms with Crippen LogP contribution in [0.2, 0.25) is 0 Å². The standard InChI is InChI=1S/C15H22N4O4S/c1-11(2)18(3)24(22,23)13-6-4-12(5-7-13)17-10-14(20)19-9-8-16-15(19)21/h4-7,11,17H,8-10H2,1-3H3,(H,16,21). The third-order valence-corrected chi connectivity index (χ3v) is 5.91. The van der Waals surface area contributed by atoms with Crippen LogP contribution in [0.25, 0.3) is 0 Å². The summed E-state index contributed by atoms with van der Waals surface area (Å²) < 4.78 is 26.0. The first-order valence-corrected chi connectivity index (χ1v) is 9.07. The fourth-order valence-electron chi connectivity index (χ4n) is 2.17. The summed E-state index contributed by atoms with van der Waals surface area (Å²) in [4.78, 5) is 24.6. The molecule has 0 bridgehead atoms. The molecule has 0 aromatic heterocycles. The Morgan fingerprint density at radius 3 is 2.46 bits per heavy atom. The Morgan fingerprint density at radius 2 is 1.96 bits per heavy atom. The van der Waals surface area contributed by atoms with E-state index in [0.29, 0.717) is 18.8 Å². The molecule has 1 saturated heterocycles. The molecule has 0 radical (unpaired) electrons. The van der Waals surface area contributed by atoms with E-state index in [4.69, 9.17) is 0 Å². The van der Waals surface area contributed by atoms with Gasteiger partial charge in [-0.2, -0.15) is 4.31 Å². The van der Waals surface area contributed by atoms with Gasteiger partial charge in [-0.1, -0.05) is 0 Å². The van der Waals surface area contributed by atoms with Gasteiger partial charge in [-0.15, -0.1) is 0 Å². The van der Waals surface area contributed by atoms with Crippen molar-refractivity contribution in [3.8, 4) is 0 Å². The summed E-state index contributed by atoms with van der Waals surface area (Å²) in [5.41, 5.74) is 0.606. The highest BCUT2D eigenvalue weighted by atomic mass is 32.2. The molecule has 2 N–H and O–H groups in total. The van der Waals surface area contributed by atoms with E-state index in [0.717, 1.165) is 4.90 Å². The lowest BCUT2D eigenvalue weighted by Gasteiger charge is -2.21. The molecule has 0 unspecified atom stereocenters. The summed E-state index contributed by atoms with van der Waals surface area (Å²) in [5, 5.41) is 5.45. The number of imide groups is 1. The Labute approximate surface area is 141 Å². The van der Waals surface area contributed by atoms with Gasteiger partial charge >= 0.3 is 6.03 Å². The second-order valence-corrected chi connectivity index (χ2v) is 7.77. The lowest BCUT2D eigenvalue weighted by molar-refractivity contribution is -0.125. The van der Waals surface area contributed by atoms with Gasteiger partial charge in [-0.3, -0.25) is 9.69 Å². The summed E-state index contributed by atoms with van der Waals surface area (Å²) in [6.07, 6.45) is 0. The Hall–Kier alpha value is -2.13. The molecule has 1 fully saturated rings. The van der Waals surface area contributed by atoms with Gasteiger partial charge in [-0.05, 0) is 38.1 Å². The largest absolute Gasteiger partial charge is 0.376 e. The smallest absolute Gasteiger partial charge is 0.324 e. The number of nitrogens with zero attached hydrogens (tertiary/aromatic N) is 2. The molecule has 0 spiro atoms. The summed E-state index contributed by atoms with van der Waals surface area (Å²) in [5.74, 6) is -0.332. The van der Waals surface area contributed by atoms with E-state index in [-0.39, 0.29) is 29.4 Å². The van der Waals surface area contributed by atoms with Gasteiger partial charge < -0.3 is 10.6 Å². The first-order chi connectivity index (χ1) is 11.2. The zero-order valence-electron chi connectivity index (χ0n) is 13.9. The van der Waals surface area contributed by atoms with Crippen molar-refractivity contribution < 1.29 is 18.0 Å². The molecule has 1 aliphatic heterocycles. The van der Waals surface area contributed by atoms with E-state index in [9.17, 15) is 18.0 Å². The Balaban J connectivity index is 2.00. The molecule has 1 aromatic carbocycles. The average Bonchev–Trinajstić information content (AvgIpc) is 2.98. The Bertz CT molecular complexity index is 715. The van der Waals surface area contributed by atoms with Crippen molar-refractivity contribution in [2.24, 2.45) is 0 Å². The van der Waals surface area contributed by atoms with Gasteiger partial charge in [0.05, 0.1) is 11.4 Å². The highest BCUT2D eigenvalue weighted by Crippen LogP contribution is 2.19. The molecular formula is C15H22N4O4S. The predicted octanol–water partition coefficient (Wildman–Crippen LogP) is 0.679. The van der Waals surface area contributed by atoms with E-state index in [2.05, 4.69) is 10.6 Å². The molecule has 2 rings (SSSR count). The van der Waals surface area contributed by atoms with Crippen molar-refractivity contribution in [2.75, 3.05) is 32.0 Å². The SMILES string of the molecule is CC(C)N(C)S(=O)(=O)c1ccc(NCC(=O)N2CCNC2=O)cc1. The lowest BCUT2D eigenvalue weighted by atomic mass is 10.3. The second kappa shape index (κ2) is 7.18. The number of benzene rings is 1. The molecule has 0 atom stereocenters. The molecule has 9 heteroatoms. The topological polar surface area (TPSA) is 98.8 Å². The van der Waals surface area contributed by atoms with Crippen LogP contribution in [0.3, 0.4) is 0 Å². The molecule has 132 valence electrons. The molecule has 8 nitrogen and oxygen atoms in total. The van der Waals surface area contributed by atoms with Crippen LogP contribution in [0.4, 0.5) is 10.5 Å². The number of urea groups is 1. The predicted molar refractivity (Wildman–Crippen MR) is 90.1 cm³/mol. The van der Waals surface area contributed by atoms with Gasteiger partial charge in [0.15, 0.2) is 0 Å². The van der Waals surface area contributed by atoms with E-state index in [1.54, 1.807) is 26.0 Å². The second-order valence-electron chi connectivity index (χ2n) is 5.77. The third-order valence-electron chi connectivity index (χ3n) is 3.86. The number of sulfonamides is 1. The fraction of sp³-hybridized carbons (Fsp3) is 0.467. The van der Waals surface area contributed by atoms with Gasteiger partial charge in [-0.25, -0.2) is 13.2 Å². The van der Waals surface area contributed by atoms with Crippen LogP contribution in [-0.2, 0) is 14.8 Å². The first kappa shape index (κ1) is 18.2. The summed E-state index contributed by atoms with van der Waals surface area (Å²) in [6.45, 7) is 4.38. The van der Waals surface area contributed by atoms with Crippen LogP contribution in [0.15, 0.2) is 29.2 Å². The lowest BCUT2D eigenvalue weighted by Crippen LogP contribution is -2.38. The highest BCUT2D eigenvalue weighted by molar-refractivity contribution is 7.89. The zero-order valence-corrected chi connectivity index (χ0v) is 14.8. The Kier molecular flexibility index (Phi) is 5.45. The molecule has 1 heterocycles. The first-order valence-electron chi connectivity index (χ1n) is 7.63. The molecule has 0 saturated carbocycles. The quantitative estimate of drug-likeness (QED) is 0.783. The van der Waals surface area contributed by atoms with Gasteiger partial charge in [0.1, 0.15) is 0 Å². The van der Waals surface area contributed by atoms with Crippen LogP contribution in [0, 0.1) is 0 Å². The van der Waals surface area contributed by atoms with Crippen molar-refractivity contribution in [3.05, 3.63) is 24.3 Å². The monoisotopic (exact) mass is 354 g/mol. The van der Waals surface area contributed by atoms with Crippen LogP contribution in [0.1, 0.15) is 13.8 Å². The van der Waals surface area contributed by atoms with Crippen molar-refractivity contribution in [1.82, 2.24) is 14.5 Å². The maximum atomic E-state index is 12.4. The minimum Gasteiger partial charge on any atom is -0.376 e. The van der Waals surface area contributed by atoms with Gasteiger partial charge in [0, 0.05) is 31.9 Å². The number of carbonyl (C=O) groups excluding carboxylic acids is 2. The van der Waals surface area contributed by atoms with E-state index >= 15 is 0 Å². The van der Waals surface area contributed by atoms with Crippen LogP contribution < -0.4 is 10.6 Å². The third kappa shape index (κ3) is 3.85. The number of amides is 3. The van der Waals surface area contributed by atoms with Crippen molar-refractivity contribution >= 4 is 27.6 Å². The average molecular weight is 354 g/mol.